The average Bonchev–Trinajstić information content (AvgIpc) is 2.83. The molecule has 0 aliphatic rings. The van der Waals surface area contributed by atoms with Crippen LogP contribution in [-0.4, -0.2) is 6.61 Å². The van der Waals surface area contributed by atoms with Gasteiger partial charge in [-0.05, 0) is 69.1 Å². The first-order chi connectivity index (χ1) is 15.9. The summed E-state index contributed by atoms with van der Waals surface area (Å²) < 4.78 is 6.07. The van der Waals surface area contributed by atoms with Crippen LogP contribution < -0.4 is 0 Å². The Morgan fingerprint density at radius 2 is 1.52 bits per heavy atom. The molecule has 0 heterocycles. The van der Waals surface area contributed by atoms with Crippen molar-refractivity contribution in [2.75, 3.05) is 6.61 Å². The van der Waals surface area contributed by atoms with Gasteiger partial charge in [0.1, 0.15) is 0 Å². The molecule has 0 radical (unpaired) electrons. The molecule has 0 aliphatic carbocycles. The summed E-state index contributed by atoms with van der Waals surface area (Å²) in [6.07, 6.45) is 19.4. The second-order valence-corrected chi connectivity index (χ2v) is 8.52. The summed E-state index contributed by atoms with van der Waals surface area (Å²) in [6, 6.07) is 8.72. The number of ether oxygens (including phenoxy) is 1. The molecule has 0 N–H and O–H groups in total. The number of hydrogen-bond acceptors (Lipinski definition) is 1. The van der Waals surface area contributed by atoms with E-state index in [-0.39, 0.29) is 0 Å². The summed E-state index contributed by atoms with van der Waals surface area (Å²) in [6.45, 7) is 22.0. The Balaban J connectivity index is 0.00000497. The molecule has 0 saturated carbocycles. The first-order valence-electron chi connectivity index (χ1n) is 12.5. The topological polar surface area (TPSA) is 9.23 Å². The number of allylic oxidation sites excluding steroid dienone is 10. The first-order valence-corrected chi connectivity index (χ1v) is 12.5. The van der Waals surface area contributed by atoms with E-state index in [2.05, 4.69) is 108 Å². The van der Waals surface area contributed by atoms with Crippen LogP contribution >= 0.6 is 0 Å². The highest BCUT2D eigenvalue weighted by atomic mass is 16.5. The minimum absolute atomic E-state index is 0.330. The van der Waals surface area contributed by atoms with E-state index in [1.54, 1.807) is 0 Å². The third-order valence-corrected chi connectivity index (χ3v) is 5.37. The van der Waals surface area contributed by atoms with E-state index >= 15 is 0 Å². The van der Waals surface area contributed by atoms with Crippen molar-refractivity contribution in [2.24, 2.45) is 11.8 Å². The lowest BCUT2D eigenvalue weighted by molar-refractivity contribution is 0.138. The molecule has 0 saturated heterocycles. The van der Waals surface area contributed by atoms with E-state index < -0.39 is 0 Å². The monoisotopic (exact) mass is 448 g/mol. The Labute approximate surface area is 205 Å². The van der Waals surface area contributed by atoms with Crippen molar-refractivity contribution in [1.82, 2.24) is 0 Å². The van der Waals surface area contributed by atoms with Crippen LogP contribution in [0.15, 0.2) is 96.2 Å². The number of benzene rings is 1. The molecule has 0 aliphatic heterocycles. The molecular weight excluding hydrogens is 400 g/mol. The summed E-state index contributed by atoms with van der Waals surface area (Å²) in [5.41, 5.74) is 6.54. The first kappa shape index (κ1) is 30.6. The summed E-state index contributed by atoms with van der Waals surface area (Å²) in [7, 11) is 0. The molecule has 1 rings (SSSR count). The van der Waals surface area contributed by atoms with E-state index in [1.807, 2.05) is 26.8 Å². The quantitative estimate of drug-likeness (QED) is 0.215. The lowest BCUT2D eigenvalue weighted by atomic mass is 9.95. The van der Waals surface area contributed by atoms with Gasteiger partial charge in [0, 0.05) is 0 Å². The van der Waals surface area contributed by atoms with Crippen LogP contribution in [0.1, 0.15) is 72.9 Å². The van der Waals surface area contributed by atoms with E-state index in [4.69, 9.17) is 4.74 Å². The molecule has 1 aromatic rings. The van der Waals surface area contributed by atoms with Crippen LogP contribution in [0.25, 0.3) is 0 Å². The van der Waals surface area contributed by atoms with Crippen molar-refractivity contribution in [3.63, 3.8) is 0 Å². The fraction of sp³-hybridized carbons (Fsp3) is 0.438. The minimum Gasteiger partial charge on any atom is -0.372 e. The molecular formula is C32H48O. The van der Waals surface area contributed by atoms with Crippen molar-refractivity contribution in [3.05, 3.63) is 107 Å². The maximum atomic E-state index is 6.07. The highest BCUT2D eigenvalue weighted by Crippen LogP contribution is 2.18. The van der Waals surface area contributed by atoms with Crippen LogP contribution in [0.2, 0.25) is 0 Å². The van der Waals surface area contributed by atoms with E-state index in [1.165, 1.54) is 27.8 Å². The van der Waals surface area contributed by atoms with Crippen molar-refractivity contribution in [3.8, 4) is 0 Å². The normalized spacial score (nSPS) is 14.1. The number of hydrogen-bond donors (Lipinski definition) is 0. The highest BCUT2D eigenvalue weighted by molar-refractivity contribution is 5.24. The van der Waals surface area contributed by atoms with Gasteiger partial charge in [-0.2, -0.15) is 0 Å². The fourth-order valence-corrected chi connectivity index (χ4v) is 2.97. The van der Waals surface area contributed by atoms with E-state index in [9.17, 15) is 0 Å². The van der Waals surface area contributed by atoms with Crippen molar-refractivity contribution in [2.45, 2.75) is 74.8 Å². The highest BCUT2D eigenvalue weighted by Gasteiger charge is 2.07. The largest absolute Gasteiger partial charge is 0.372 e. The van der Waals surface area contributed by atoms with E-state index in [0.717, 1.165) is 12.8 Å². The second-order valence-electron chi connectivity index (χ2n) is 8.52. The maximum Gasteiger partial charge on any atom is 0.0721 e. The Morgan fingerprint density at radius 3 is 2.09 bits per heavy atom. The van der Waals surface area contributed by atoms with Gasteiger partial charge in [0.15, 0.2) is 0 Å². The molecule has 1 heteroatoms. The van der Waals surface area contributed by atoms with Gasteiger partial charge in [-0.15, -0.1) is 6.58 Å². The van der Waals surface area contributed by atoms with Gasteiger partial charge in [0.2, 0.25) is 0 Å². The van der Waals surface area contributed by atoms with Gasteiger partial charge >= 0.3 is 0 Å². The van der Waals surface area contributed by atoms with Gasteiger partial charge in [-0.25, -0.2) is 0 Å². The third-order valence-electron chi connectivity index (χ3n) is 5.37. The van der Waals surface area contributed by atoms with Gasteiger partial charge < -0.3 is 4.74 Å². The summed E-state index contributed by atoms with van der Waals surface area (Å²) in [5.74, 6) is 0.748. The molecule has 0 bridgehead atoms. The predicted octanol–water partition coefficient (Wildman–Crippen LogP) is 9.59. The van der Waals surface area contributed by atoms with Crippen molar-refractivity contribution < 1.29 is 4.74 Å². The van der Waals surface area contributed by atoms with Crippen LogP contribution in [0.3, 0.4) is 0 Å². The zero-order valence-corrected chi connectivity index (χ0v) is 22.5. The van der Waals surface area contributed by atoms with Crippen LogP contribution in [0, 0.1) is 11.8 Å². The zero-order valence-electron chi connectivity index (χ0n) is 22.5. The van der Waals surface area contributed by atoms with Gasteiger partial charge in [0.25, 0.3) is 0 Å². The molecule has 2 atom stereocenters. The lowest BCUT2D eigenvalue weighted by Gasteiger charge is -2.14. The number of rotatable bonds is 13. The third kappa shape index (κ3) is 14.4. The summed E-state index contributed by atoms with van der Waals surface area (Å²) in [4.78, 5) is 0. The average molecular weight is 449 g/mol. The van der Waals surface area contributed by atoms with Crippen LogP contribution in [0.4, 0.5) is 0 Å². The molecule has 1 nitrogen and oxygen atoms in total. The summed E-state index contributed by atoms with van der Waals surface area (Å²) in [5, 5.41) is 0. The lowest BCUT2D eigenvalue weighted by Crippen LogP contribution is -2.06. The molecule has 0 aromatic heterocycles. The molecule has 33 heavy (non-hydrogen) atoms. The summed E-state index contributed by atoms with van der Waals surface area (Å²) >= 11 is 0. The fourth-order valence-electron chi connectivity index (χ4n) is 2.97. The molecule has 2 unspecified atom stereocenters. The maximum absolute atomic E-state index is 6.07. The molecule has 0 spiro atoms. The Kier molecular flexibility index (Phi) is 17.7. The van der Waals surface area contributed by atoms with Crippen molar-refractivity contribution >= 4 is 0 Å². The molecule has 0 fully saturated rings. The number of aryl methyl sites for hydroxylation is 1. The van der Waals surface area contributed by atoms with E-state index in [0.29, 0.717) is 25.0 Å². The van der Waals surface area contributed by atoms with Crippen molar-refractivity contribution in [1.29, 1.82) is 0 Å². The van der Waals surface area contributed by atoms with Crippen LogP contribution in [0.5, 0.6) is 0 Å². The zero-order chi connectivity index (χ0) is 25.1. The molecule has 0 amide bonds. The molecule has 182 valence electrons. The standard InChI is InChI=1S/C30H42O.C2H6/c1-8-10-12-28-18-20-29(21-19-28)22-31-23-30(13-11-9-2)27(7)17-16-26(6)25(5)15-14-24(3)4;1-2/h8-9,11,13-21,26-27H,1,10,12,22-23H2,2-7H3;1-2H3/b11-9-,17-16-,25-15+,30-13+;. The Hall–Kier alpha value is -2.38. The van der Waals surface area contributed by atoms with Gasteiger partial charge in [-0.3, -0.25) is 0 Å². The molecule has 1 aromatic carbocycles. The smallest absolute Gasteiger partial charge is 0.0721 e. The SMILES string of the molecule is C=CCCc1ccc(COC/C(=C\C=C/C)C(C)/C=C\C(C)/C(C)=C/C=C(C)C)cc1.CC. The minimum atomic E-state index is 0.330. The van der Waals surface area contributed by atoms with Crippen LogP contribution in [-0.2, 0) is 17.8 Å². The van der Waals surface area contributed by atoms with Gasteiger partial charge in [0.05, 0.1) is 13.2 Å². The second kappa shape index (κ2) is 19.1. The predicted molar refractivity (Wildman–Crippen MR) is 150 cm³/mol. The van der Waals surface area contributed by atoms with Gasteiger partial charge in [-0.1, -0.05) is 112 Å². The Morgan fingerprint density at radius 1 is 0.909 bits per heavy atom. The Bertz CT molecular complexity index is 795.